The summed E-state index contributed by atoms with van der Waals surface area (Å²) in [6.45, 7) is 17.9. The molecule has 1 heterocycles. The summed E-state index contributed by atoms with van der Waals surface area (Å²) in [4.78, 5) is 2.34. The first-order valence-corrected chi connectivity index (χ1v) is 17.7. The molecule has 2 N–H and O–H groups in total. The summed E-state index contributed by atoms with van der Waals surface area (Å²) >= 11 is 0. The maximum atomic E-state index is 11.9. The topological polar surface area (TPSA) is 69.6 Å². The van der Waals surface area contributed by atoms with Crippen molar-refractivity contribution in [3.63, 3.8) is 0 Å². The van der Waals surface area contributed by atoms with Gasteiger partial charge in [0.1, 0.15) is 0 Å². The molecule has 5 aliphatic rings. The molecule has 0 aromatic heterocycles. The number of allylic oxidation sites excluding steroid dienone is 1. The van der Waals surface area contributed by atoms with Crippen molar-refractivity contribution >= 4 is 9.84 Å². The molecule has 5 nitrogen and oxygen atoms in total. The molecule has 0 amide bonds. The molecular weight excluding hydrogens is 492 g/mol. The van der Waals surface area contributed by atoms with Crippen molar-refractivity contribution < 1.29 is 13.5 Å². The normalized spacial score (nSPS) is 47.5. The second-order valence-electron chi connectivity index (χ2n) is 15.0. The Kier molecular flexibility index (Phi) is 7.99. The van der Waals surface area contributed by atoms with Crippen molar-refractivity contribution in [3.8, 4) is 0 Å². The standard InChI is InChI=1S/C32H56N2O3S/c1-6-11-29(3)12-7-13-31(5)27(29)9-8-26-28-25(24(2)23-35)10-14-32(28,16-15-30(26,31)4)33-17-18-34-19-21-38(36,37)22-20-34/h6,24-28,33,35H,1,7-23H2,2-5H3/t24?,25-,26+,27+,28+,29-,30+,31+,32-/m0/s1. The van der Waals surface area contributed by atoms with Crippen LogP contribution in [0.3, 0.4) is 0 Å². The average Bonchev–Trinajstić information content (AvgIpc) is 3.25. The van der Waals surface area contributed by atoms with E-state index in [4.69, 9.17) is 0 Å². The van der Waals surface area contributed by atoms with Gasteiger partial charge in [-0.3, -0.25) is 0 Å². The van der Waals surface area contributed by atoms with Crippen molar-refractivity contribution in [1.82, 2.24) is 10.2 Å². The van der Waals surface area contributed by atoms with Crippen molar-refractivity contribution in [3.05, 3.63) is 12.7 Å². The van der Waals surface area contributed by atoms with Gasteiger partial charge in [0.15, 0.2) is 9.84 Å². The van der Waals surface area contributed by atoms with Crippen LogP contribution >= 0.6 is 0 Å². The summed E-state index contributed by atoms with van der Waals surface area (Å²) in [7, 11) is -2.84. The zero-order valence-corrected chi connectivity index (χ0v) is 25.6. The lowest BCUT2D eigenvalue weighted by molar-refractivity contribution is -0.200. The van der Waals surface area contributed by atoms with Crippen LogP contribution in [0.4, 0.5) is 0 Å². The summed E-state index contributed by atoms with van der Waals surface area (Å²) < 4.78 is 23.8. The van der Waals surface area contributed by atoms with Crippen molar-refractivity contribution in [2.24, 2.45) is 45.8 Å². The first kappa shape index (κ1) is 29.1. The number of fused-ring (bicyclic) bond motifs is 5. The minimum absolute atomic E-state index is 0.169. The van der Waals surface area contributed by atoms with E-state index in [0.717, 1.165) is 25.4 Å². The summed E-state index contributed by atoms with van der Waals surface area (Å²) in [6, 6.07) is 0. The Morgan fingerprint density at radius 1 is 1.03 bits per heavy atom. The summed E-state index contributed by atoms with van der Waals surface area (Å²) in [5.74, 6) is 3.65. The SMILES string of the molecule is C=CC[C@@]1(C)CCC[C@]2(C)[C@@H]1CC[C@@H]1[C@H]3[C@H](C(C)CO)CC[C@]3(NCCN3CCS(=O)(=O)CC3)CC[C@]12C. The van der Waals surface area contributed by atoms with Crippen molar-refractivity contribution in [2.75, 3.05) is 44.3 Å². The van der Waals surface area contributed by atoms with Crippen molar-refractivity contribution in [2.45, 2.75) is 97.4 Å². The summed E-state index contributed by atoms with van der Waals surface area (Å²) in [6.07, 6.45) is 15.1. The second kappa shape index (κ2) is 10.4. The van der Waals surface area contributed by atoms with Crippen LogP contribution in [-0.2, 0) is 9.84 Å². The fourth-order valence-corrected chi connectivity index (χ4v) is 12.5. The molecule has 0 aromatic rings. The van der Waals surface area contributed by atoms with E-state index in [-0.39, 0.29) is 5.54 Å². The Morgan fingerprint density at radius 2 is 1.76 bits per heavy atom. The summed E-state index contributed by atoms with van der Waals surface area (Å²) in [5, 5.41) is 14.5. The first-order valence-electron chi connectivity index (χ1n) is 15.8. The van der Waals surface area contributed by atoms with Crippen LogP contribution in [0, 0.1) is 45.8 Å². The molecule has 4 saturated carbocycles. The molecule has 0 spiro atoms. The third-order valence-electron chi connectivity index (χ3n) is 13.5. The van der Waals surface area contributed by atoms with Crippen LogP contribution < -0.4 is 5.32 Å². The van der Waals surface area contributed by atoms with E-state index in [1.165, 1.54) is 57.8 Å². The Hall–Kier alpha value is -0.430. The number of aliphatic hydroxyl groups excluding tert-OH is 1. The van der Waals surface area contributed by atoms with Gasteiger partial charge in [0, 0.05) is 38.3 Å². The number of rotatable bonds is 8. The maximum absolute atomic E-state index is 11.9. The van der Waals surface area contributed by atoms with E-state index in [1.54, 1.807) is 0 Å². The molecule has 0 bridgehead atoms. The molecule has 1 aliphatic heterocycles. The lowest BCUT2D eigenvalue weighted by Gasteiger charge is -2.70. The highest BCUT2D eigenvalue weighted by Crippen LogP contribution is 2.73. The molecule has 218 valence electrons. The number of hydrogen-bond donors (Lipinski definition) is 2. The van der Waals surface area contributed by atoms with Crippen LogP contribution in [0.5, 0.6) is 0 Å². The molecule has 5 fully saturated rings. The predicted molar refractivity (Wildman–Crippen MR) is 157 cm³/mol. The lowest BCUT2D eigenvalue weighted by Crippen LogP contribution is -2.66. The van der Waals surface area contributed by atoms with Gasteiger partial charge >= 0.3 is 0 Å². The molecular formula is C32H56N2O3S. The molecule has 6 heteroatoms. The number of nitrogens with one attached hydrogen (secondary N) is 1. The van der Waals surface area contributed by atoms with Crippen LogP contribution in [-0.4, -0.2) is 68.3 Å². The lowest BCUT2D eigenvalue weighted by atomic mass is 9.36. The number of hydrogen-bond acceptors (Lipinski definition) is 5. The molecule has 0 aromatic carbocycles. The molecule has 1 unspecified atom stereocenters. The van der Waals surface area contributed by atoms with Gasteiger partial charge in [-0.2, -0.15) is 0 Å². The Labute approximate surface area is 233 Å². The molecule has 38 heavy (non-hydrogen) atoms. The summed E-state index contributed by atoms with van der Waals surface area (Å²) in [5.41, 5.74) is 1.26. The van der Waals surface area contributed by atoms with E-state index < -0.39 is 9.84 Å². The van der Waals surface area contributed by atoms with Gasteiger partial charge in [0.25, 0.3) is 0 Å². The zero-order valence-electron chi connectivity index (χ0n) is 24.8. The largest absolute Gasteiger partial charge is 0.396 e. The third kappa shape index (κ3) is 4.65. The molecule has 9 atom stereocenters. The number of sulfone groups is 1. The van der Waals surface area contributed by atoms with Gasteiger partial charge in [-0.05, 0) is 104 Å². The van der Waals surface area contributed by atoms with E-state index in [1.807, 2.05) is 0 Å². The van der Waals surface area contributed by atoms with E-state index in [2.05, 4.69) is 50.6 Å². The minimum Gasteiger partial charge on any atom is -0.396 e. The Bertz CT molecular complexity index is 971. The predicted octanol–water partition coefficient (Wildman–Crippen LogP) is 5.30. The van der Waals surface area contributed by atoms with Gasteiger partial charge in [0.2, 0.25) is 0 Å². The Morgan fingerprint density at radius 3 is 2.45 bits per heavy atom. The number of aliphatic hydroxyl groups is 1. The van der Waals surface area contributed by atoms with E-state index in [0.29, 0.717) is 71.1 Å². The highest BCUT2D eigenvalue weighted by atomic mass is 32.2. The van der Waals surface area contributed by atoms with Gasteiger partial charge < -0.3 is 15.3 Å². The first-order chi connectivity index (χ1) is 17.9. The molecule has 4 aliphatic carbocycles. The fourth-order valence-electron chi connectivity index (χ4n) is 11.2. The van der Waals surface area contributed by atoms with E-state index >= 15 is 0 Å². The minimum atomic E-state index is -2.84. The molecule has 5 rings (SSSR count). The molecule has 0 radical (unpaired) electrons. The highest BCUT2D eigenvalue weighted by Gasteiger charge is 2.68. The molecule has 1 saturated heterocycles. The van der Waals surface area contributed by atoms with Crippen LogP contribution in [0.2, 0.25) is 0 Å². The van der Waals surface area contributed by atoms with Crippen LogP contribution in [0.15, 0.2) is 12.7 Å². The quantitative estimate of drug-likeness (QED) is 0.403. The van der Waals surface area contributed by atoms with Gasteiger partial charge in [-0.25, -0.2) is 8.42 Å². The fraction of sp³-hybridized carbons (Fsp3) is 0.938. The Balaban J connectivity index is 1.39. The highest BCUT2D eigenvalue weighted by molar-refractivity contribution is 7.91. The average molecular weight is 549 g/mol. The van der Waals surface area contributed by atoms with Crippen LogP contribution in [0.1, 0.15) is 91.9 Å². The van der Waals surface area contributed by atoms with E-state index in [9.17, 15) is 13.5 Å². The number of nitrogens with zero attached hydrogens (tertiary/aromatic N) is 1. The maximum Gasteiger partial charge on any atom is 0.152 e. The van der Waals surface area contributed by atoms with Crippen molar-refractivity contribution in [1.29, 1.82) is 0 Å². The van der Waals surface area contributed by atoms with Gasteiger partial charge in [0.05, 0.1) is 11.5 Å². The van der Waals surface area contributed by atoms with Gasteiger partial charge in [-0.15, -0.1) is 6.58 Å². The van der Waals surface area contributed by atoms with Gasteiger partial charge in [-0.1, -0.05) is 40.2 Å². The third-order valence-corrected chi connectivity index (χ3v) is 15.1. The zero-order chi connectivity index (χ0) is 27.4. The van der Waals surface area contributed by atoms with Crippen LogP contribution in [0.25, 0.3) is 0 Å². The smallest absolute Gasteiger partial charge is 0.152 e. The monoisotopic (exact) mass is 548 g/mol. The second-order valence-corrected chi connectivity index (χ2v) is 17.3.